The van der Waals surface area contributed by atoms with Crippen molar-refractivity contribution in [2.75, 3.05) is 11.5 Å². The summed E-state index contributed by atoms with van der Waals surface area (Å²) in [4.78, 5) is 56.0. The summed E-state index contributed by atoms with van der Waals surface area (Å²) in [5.41, 5.74) is 6.59. The summed E-state index contributed by atoms with van der Waals surface area (Å²) in [6.07, 6.45) is 4.17. The molecule has 0 radical (unpaired) electrons. The van der Waals surface area contributed by atoms with Crippen LogP contribution in [0.5, 0.6) is 0 Å². The largest absolute Gasteiger partial charge is 0.454 e. The molecule has 40 heavy (non-hydrogen) atoms. The van der Waals surface area contributed by atoms with Gasteiger partial charge in [-0.1, -0.05) is 42.5 Å². The molecule has 8 heteroatoms. The number of hydrogen-bond acceptors (Lipinski definition) is 7. The number of carbonyl (C=O) groups is 4. The van der Waals surface area contributed by atoms with Crippen LogP contribution in [0.4, 0.5) is 5.69 Å². The van der Waals surface area contributed by atoms with Crippen molar-refractivity contribution in [2.24, 2.45) is 0 Å². The van der Waals surface area contributed by atoms with Crippen molar-refractivity contribution in [1.82, 2.24) is 10.3 Å². The lowest BCUT2D eigenvalue weighted by Gasteiger charge is -2.16. The number of benzene rings is 3. The standard InChI is InChI=1S/C32H25N3O5/c36-29(23-9-12-27-24(15-23)14-22-5-1-2-6-26(22)27)19-40-32(39)21-7-10-25(11-8-21)35-30(37)16-28(31(35)38)34-18-20-4-3-13-33-17-20/h1-13,15,17,28,34H,14,16,18-19H2. The maximum atomic E-state index is 12.9. The Balaban J connectivity index is 1.05. The van der Waals surface area contributed by atoms with E-state index in [2.05, 4.69) is 22.4 Å². The smallest absolute Gasteiger partial charge is 0.338 e. The number of nitrogens with zero attached hydrogens (tertiary/aromatic N) is 2. The second-order valence-corrected chi connectivity index (χ2v) is 9.82. The Morgan fingerprint density at radius 2 is 1.68 bits per heavy atom. The first-order valence-corrected chi connectivity index (χ1v) is 13.0. The molecule has 3 aromatic carbocycles. The molecule has 1 aromatic heterocycles. The van der Waals surface area contributed by atoms with E-state index in [4.69, 9.17) is 4.74 Å². The maximum absolute atomic E-state index is 12.9. The summed E-state index contributed by atoms with van der Waals surface area (Å²) in [6, 6.07) is 22.8. The molecular formula is C32H25N3O5. The number of fused-ring (bicyclic) bond motifs is 3. The van der Waals surface area contributed by atoms with Gasteiger partial charge in [0.25, 0.3) is 5.91 Å². The molecule has 0 saturated carbocycles. The Bertz CT molecular complexity index is 1630. The minimum atomic E-state index is -0.663. The zero-order valence-electron chi connectivity index (χ0n) is 21.5. The van der Waals surface area contributed by atoms with Gasteiger partial charge in [0.05, 0.1) is 23.7 Å². The molecule has 1 saturated heterocycles. The van der Waals surface area contributed by atoms with Crippen LogP contribution >= 0.6 is 0 Å². The number of Topliss-reactive ketones (excluding diaryl/α,β-unsaturated/α-hetero) is 1. The van der Waals surface area contributed by atoms with Crippen LogP contribution in [0, 0.1) is 0 Å². The van der Waals surface area contributed by atoms with Crippen LogP contribution in [0.25, 0.3) is 11.1 Å². The average Bonchev–Trinajstić information content (AvgIpc) is 3.50. The number of nitrogens with one attached hydrogen (secondary N) is 1. The van der Waals surface area contributed by atoms with Gasteiger partial charge >= 0.3 is 5.97 Å². The highest BCUT2D eigenvalue weighted by Crippen LogP contribution is 2.36. The van der Waals surface area contributed by atoms with Crippen molar-refractivity contribution < 1.29 is 23.9 Å². The Morgan fingerprint density at radius 1 is 0.900 bits per heavy atom. The van der Waals surface area contributed by atoms with E-state index in [9.17, 15) is 19.2 Å². The quantitative estimate of drug-likeness (QED) is 0.182. The highest BCUT2D eigenvalue weighted by Gasteiger charge is 2.39. The topological polar surface area (TPSA) is 106 Å². The van der Waals surface area contributed by atoms with Crippen LogP contribution < -0.4 is 10.2 Å². The van der Waals surface area contributed by atoms with Crippen LogP contribution in [0.15, 0.2) is 91.3 Å². The first kappa shape index (κ1) is 25.3. The van der Waals surface area contributed by atoms with Gasteiger partial charge in [-0.25, -0.2) is 9.69 Å². The van der Waals surface area contributed by atoms with Crippen LogP contribution in [0.2, 0.25) is 0 Å². The van der Waals surface area contributed by atoms with Crippen molar-refractivity contribution in [2.45, 2.75) is 25.4 Å². The number of rotatable bonds is 8. The van der Waals surface area contributed by atoms with Crippen LogP contribution in [-0.2, 0) is 27.3 Å². The van der Waals surface area contributed by atoms with Crippen LogP contribution in [0.1, 0.15) is 43.8 Å². The number of ketones is 1. The highest BCUT2D eigenvalue weighted by molar-refractivity contribution is 6.22. The van der Waals surface area contributed by atoms with Crippen molar-refractivity contribution >= 4 is 29.3 Å². The van der Waals surface area contributed by atoms with E-state index in [1.807, 2.05) is 30.3 Å². The highest BCUT2D eigenvalue weighted by atomic mass is 16.5. The number of hydrogen-bond donors (Lipinski definition) is 1. The Kier molecular flexibility index (Phi) is 6.76. The molecular weight excluding hydrogens is 506 g/mol. The number of esters is 1. The molecule has 0 bridgehead atoms. The zero-order chi connectivity index (χ0) is 27.6. The second-order valence-electron chi connectivity index (χ2n) is 9.82. The number of aromatic nitrogens is 1. The molecule has 4 aromatic rings. The second kappa shape index (κ2) is 10.7. The molecule has 1 unspecified atom stereocenters. The number of anilines is 1. The lowest BCUT2D eigenvalue weighted by atomic mass is 10.0. The fraction of sp³-hybridized carbons (Fsp3) is 0.156. The molecule has 1 aliphatic carbocycles. The summed E-state index contributed by atoms with van der Waals surface area (Å²) < 4.78 is 5.27. The summed E-state index contributed by atoms with van der Waals surface area (Å²) >= 11 is 0. The fourth-order valence-corrected chi connectivity index (χ4v) is 5.17. The van der Waals surface area contributed by atoms with Gasteiger partial charge in [0, 0.05) is 24.5 Å². The Morgan fingerprint density at radius 3 is 2.48 bits per heavy atom. The summed E-state index contributed by atoms with van der Waals surface area (Å²) in [5.74, 6) is -1.63. The number of ether oxygens (including phenoxy) is 1. The number of amides is 2. The lowest BCUT2D eigenvalue weighted by molar-refractivity contribution is -0.121. The van der Waals surface area contributed by atoms with Crippen molar-refractivity contribution in [3.8, 4) is 11.1 Å². The van der Waals surface area contributed by atoms with Crippen LogP contribution in [0.3, 0.4) is 0 Å². The molecule has 198 valence electrons. The first-order chi connectivity index (χ1) is 19.5. The molecule has 2 amide bonds. The Hall–Kier alpha value is -4.95. The fourth-order valence-electron chi connectivity index (χ4n) is 5.17. The number of imide groups is 1. The minimum Gasteiger partial charge on any atom is -0.454 e. The molecule has 1 fully saturated rings. The van der Waals surface area contributed by atoms with Gasteiger partial charge in [0.15, 0.2) is 12.4 Å². The molecule has 0 spiro atoms. The van der Waals surface area contributed by atoms with Gasteiger partial charge in [-0.05, 0) is 70.6 Å². The summed E-state index contributed by atoms with van der Waals surface area (Å²) in [7, 11) is 0. The molecule has 1 atom stereocenters. The van der Waals surface area contributed by atoms with Gasteiger partial charge in [0.1, 0.15) is 0 Å². The monoisotopic (exact) mass is 531 g/mol. The molecule has 6 rings (SSSR count). The van der Waals surface area contributed by atoms with E-state index in [0.29, 0.717) is 17.8 Å². The average molecular weight is 532 g/mol. The number of carbonyl (C=O) groups excluding carboxylic acids is 4. The third-order valence-electron chi connectivity index (χ3n) is 7.23. The van der Waals surface area contributed by atoms with Gasteiger partial charge in [-0.2, -0.15) is 0 Å². The molecule has 2 heterocycles. The van der Waals surface area contributed by atoms with Gasteiger partial charge in [-0.3, -0.25) is 19.4 Å². The SMILES string of the molecule is O=C(COC(=O)c1ccc(N2C(=O)CC(NCc3cccnc3)C2=O)cc1)c1ccc2c(c1)Cc1ccccc1-2. The first-order valence-electron chi connectivity index (χ1n) is 13.0. The predicted octanol–water partition coefficient (Wildman–Crippen LogP) is 4.11. The molecule has 1 N–H and O–H groups in total. The molecule has 2 aliphatic rings. The number of pyridine rings is 1. The van der Waals surface area contributed by atoms with E-state index in [1.54, 1.807) is 24.5 Å². The van der Waals surface area contributed by atoms with Gasteiger partial charge < -0.3 is 10.1 Å². The van der Waals surface area contributed by atoms with Gasteiger partial charge in [-0.15, -0.1) is 0 Å². The van der Waals surface area contributed by atoms with E-state index in [-0.39, 0.29) is 36.2 Å². The van der Waals surface area contributed by atoms with E-state index in [1.165, 1.54) is 35.4 Å². The van der Waals surface area contributed by atoms with Crippen molar-refractivity contribution in [3.05, 3.63) is 119 Å². The van der Waals surface area contributed by atoms with E-state index >= 15 is 0 Å². The third kappa shape index (κ3) is 4.92. The zero-order valence-corrected chi connectivity index (χ0v) is 21.5. The van der Waals surface area contributed by atoms with Gasteiger partial charge in [0.2, 0.25) is 5.91 Å². The maximum Gasteiger partial charge on any atom is 0.338 e. The predicted molar refractivity (Wildman–Crippen MR) is 148 cm³/mol. The molecule has 1 aliphatic heterocycles. The minimum absolute atomic E-state index is 0.0415. The van der Waals surface area contributed by atoms with E-state index in [0.717, 1.165) is 28.0 Å². The van der Waals surface area contributed by atoms with Crippen molar-refractivity contribution in [3.63, 3.8) is 0 Å². The third-order valence-corrected chi connectivity index (χ3v) is 7.23. The van der Waals surface area contributed by atoms with E-state index < -0.39 is 12.0 Å². The van der Waals surface area contributed by atoms with Crippen molar-refractivity contribution in [1.29, 1.82) is 0 Å². The normalized spacial score (nSPS) is 15.6. The summed E-state index contributed by atoms with van der Waals surface area (Å²) in [5, 5.41) is 3.11. The molecule has 8 nitrogen and oxygen atoms in total. The van der Waals surface area contributed by atoms with Crippen LogP contribution in [-0.4, -0.2) is 41.2 Å². The lowest BCUT2D eigenvalue weighted by Crippen LogP contribution is -2.38. The summed E-state index contributed by atoms with van der Waals surface area (Å²) in [6.45, 7) is 0.0215. The Labute approximate surface area is 230 Å².